The minimum absolute atomic E-state index is 0.746. The van der Waals surface area contributed by atoms with E-state index in [9.17, 15) is 0 Å². The smallest absolute Gasteiger partial charge is 0.165 e. The number of nitrogens with two attached hydrogens (primary N) is 1. The molecule has 2 rings (SSSR count). The number of nitrogens with one attached hydrogen (secondary N) is 1. The molecule has 0 aliphatic rings. The van der Waals surface area contributed by atoms with Gasteiger partial charge in [-0.05, 0) is 18.2 Å². The SMILES string of the molecule is COc1ccc(N)cc1CSc1ncc[nH]1. The van der Waals surface area contributed by atoms with Gasteiger partial charge in [0.1, 0.15) is 5.75 Å². The second kappa shape index (κ2) is 4.94. The summed E-state index contributed by atoms with van der Waals surface area (Å²) in [6.45, 7) is 0. The zero-order valence-corrected chi connectivity index (χ0v) is 9.75. The molecule has 0 unspecified atom stereocenters. The Hall–Kier alpha value is -1.62. The van der Waals surface area contributed by atoms with Gasteiger partial charge in [-0.3, -0.25) is 0 Å². The summed E-state index contributed by atoms with van der Waals surface area (Å²) in [5.41, 5.74) is 7.56. The standard InChI is InChI=1S/C11H13N3OS/c1-15-10-3-2-9(12)6-8(10)7-16-11-13-4-5-14-11/h2-6H,7,12H2,1H3,(H,13,14). The third kappa shape index (κ3) is 2.49. The zero-order valence-electron chi connectivity index (χ0n) is 8.93. The summed E-state index contributed by atoms with van der Waals surface area (Å²) in [7, 11) is 1.66. The van der Waals surface area contributed by atoms with Crippen LogP contribution in [0.5, 0.6) is 5.75 Å². The highest BCUT2D eigenvalue weighted by Crippen LogP contribution is 2.27. The van der Waals surface area contributed by atoms with Crippen LogP contribution in [0.25, 0.3) is 0 Å². The summed E-state index contributed by atoms with van der Waals surface area (Å²) in [6, 6.07) is 5.64. The predicted molar refractivity (Wildman–Crippen MR) is 65.6 cm³/mol. The van der Waals surface area contributed by atoms with Crippen LogP contribution in [0.15, 0.2) is 35.7 Å². The van der Waals surface area contributed by atoms with Gasteiger partial charge in [0.15, 0.2) is 5.16 Å². The van der Waals surface area contributed by atoms with Crippen molar-refractivity contribution < 1.29 is 4.74 Å². The normalized spacial score (nSPS) is 10.3. The van der Waals surface area contributed by atoms with E-state index in [1.165, 1.54) is 0 Å². The van der Waals surface area contributed by atoms with Crippen LogP contribution in [0.4, 0.5) is 5.69 Å². The summed E-state index contributed by atoms with van der Waals surface area (Å²) >= 11 is 1.62. The fourth-order valence-electron chi connectivity index (χ4n) is 1.39. The molecule has 1 aromatic heterocycles. The van der Waals surface area contributed by atoms with Crippen molar-refractivity contribution in [2.24, 2.45) is 0 Å². The Bertz CT molecular complexity index is 456. The molecular weight excluding hydrogens is 222 g/mol. The molecule has 0 aliphatic carbocycles. The molecule has 0 saturated heterocycles. The van der Waals surface area contributed by atoms with Gasteiger partial charge in [-0.25, -0.2) is 4.98 Å². The van der Waals surface area contributed by atoms with Crippen LogP contribution >= 0.6 is 11.8 Å². The van der Waals surface area contributed by atoms with E-state index >= 15 is 0 Å². The summed E-state index contributed by atoms with van der Waals surface area (Å²) < 4.78 is 5.27. The van der Waals surface area contributed by atoms with E-state index in [2.05, 4.69) is 9.97 Å². The first-order valence-electron chi connectivity index (χ1n) is 4.84. The number of benzene rings is 1. The number of nitrogen functional groups attached to an aromatic ring is 1. The minimum Gasteiger partial charge on any atom is -0.496 e. The lowest BCUT2D eigenvalue weighted by Gasteiger charge is -2.08. The van der Waals surface area contributed by atoms with E-state index in [0.717, 1.165) is 27.9 Å². The van der Waals surface area contributed by atoms with Crippen LogP contribution < -0.4 is 10.5 Å². The maximum Gasteiger partial charge on any atom is 0.165 e. The van der Waals surface area contributed by atoms with Crippen LogP contribution in [0, 0.1) is 0 Å². The number of hydrogen-bond acceptors (Lipinski definition) is 4. The van der Waals surface area contributed by atoms with Gasteiger partial charge in [-0.15, -0.1) is 0 Å². The number of hydrogen-bond donors (Lipinski definition) is 2. The molecule has 0 amide bonds. The van der Waals surface area contributed by atoms with Crippen molar-refractivity contribution in [1.82, 2.24) is 9.97 Å². The topological polar surface area (TPSA) is 63.9 Å². The molecule has 84 valence electrons. The summed E-state index contributed by atoms with van der Waals surface area (Å²) in [4.78, 5) is 7.18. The molecule has 0 atom stereocenters. The van der Waals surface area contributed by atoms with E-state index < -0.39 is 0 Å². The second-order valence-corrected chi connectivity index (χ2v) is 4.22. The summed E-state index contributed by atoms with van der Waals surface area (Å²) in [5, 5.41) is 0.893. The highest BCUT2D eigenvalue weighted by molar-refractivity contribution is 7.98. The molecule has 1 heterocycles. The number of imidazole rings is 1. The molecule has 1 aromatic carbocycles. The largest absolute Gasteiger partial charge is 0.496 e. The number of nitrogens with zero attached hydrogens (tertiary/aromatic N) is 1. The first-order chi connectivity index (χ1) is 7.79. The van der Waals surface area contributed by atoms with Crippen molar-refractivity contribution in [2.75, 3.05) is 12.8 Å². The first-order valence-corrected chi connectivity index (χ1v) is 5.82. The molecular formula is C11H13N3OS. The zero-order chi connectivity index (χ0) is 11.4. The van der Waals surface area contributed by atoms with Crippen molar-refractivity contribution in [3.63, 3.8) is 0 Å². The fourth-order valence-corrected chi connectivity index (χ4v) is 2.19. The van der Waals surface area contributed by atoms with Crippen molar-refractivity contribution in [2.45, 2.75) is 10.9 Å². The molecule has 0 aliphatic heterocycles. The van der Waals surface area contributed by atoms with Gasteiger partial charge in [0.2, 0.25) is 0 Å². The number of thioether (sulfide) groups is 1. The van der Waals surface area contributed by atoms with Gasteiger partial charge in [-0.1, -0.05) is 11.8 Å². The lowest BCUT2D eigenvalue weighted by atomic mass is 10.2. The number of methoxy groups -OCH3 is 1. The molecule has 0 saturated carbocycles. The molecule has 0 fully saturated rings. The highest BCUT2D eigenvalue weighted by atomic mass is 32.2. The number of H-pyrrole nitrogens is 1. The van der Waals surface area contributed by atoms with Gasteiger partial charge in [-0.2, -0.15) is 0 Å². The first kappa shape index (κ1) is 10.9. The Kier molecular flexibility index (Phi) is 3.36. The number of rotatable bonds is 4. The molecule has 4 nitrogen and oxygen atoms in total. The Labute approximate surface area is 98.2 Å². The molecule has 3 N–H and O–H groups in total. The molecule has 0 spiro atoms. The van der Waals surface area contributed by atoms with Gasteiger partial charge >= 0.3 is 0 Å². The second-order valence-electron chi connectivity index (χ2n) is 3.25. The Balaban J connectivity index is 2.11. The third-order valence-corrected chi connectivity index (χ3v) is 3.09. The highest BCUT2D eigenvalue weighted by Gasteiger charge is 2.05. The van der Waals surface area contributed by atoms with E-state index in [1.54, 1.807) is 31.3 Å². The fraction of sp³-hybridized carbons (Fsp3) is 0.182. The van der Waals surface area contributed by atoms with Gasteiger partial charge in [0.25, 0.3) is 0 Å². The molecule has 5 heteroatoms. The molecule has 16 heavy (non-hydrogen) atoms. The molecule has 2 aromatic rings. The minimum atomic E-state index is 0.746. The van der Waals surface area contributed by atoms with Crippen molar-refractivity contribution in [3.8, 4) is 5.75 Å². The average Bonchev–Trinajstić information content (AvgIpc) is 2.79. The Morgan fingerprint density at radius 1 is 1.50 bits per heavy atom. The summed E-state index contributed by atoms with van der Waals surface area (Å²) in [5.74, 6) is 1.63. The van der Waals surface area contributed by atoms with E-state index in [-0.39, 0.29) is 0 Å². The lowest BCUT2D eigenvalue weighted by Crippen LogP contribution is -1.93. The maximum absolute atomic E-state index is 5.74. The van der Waals surface area contributed by atoms with Crippen LogP contribution in [0.3, 0.4) is 0 Å². The van der Waals surface area contributed by atoms with Crippen LogP contribution in [-0.2, 0) is 5.75 Å². The average molecular weight is 235 g/mol. The van der Waals surface area contributed by atoms with Crippen molar-refractivity contribution in [3.05, 3.63) is 36.2 Å². The van der Waals surface area contributed by atoms with E-state index in [1.807, 2.05) is 18.2 Å². The van der Waals surface area contributed by atoms with Gasteiger partial charge in [0.05, 0.1) is 7.11 Å². The van der Waals surface area contributed by atoms with Gasteiger partial charge in [0, 0.05) is 29.4 Å². The van der Waals surface area contributed by atoms with Crippen molar-refractivity contribution >= 4 is 17.4 Å². The Morgan fingerprint density at radius 2 is 2.38 bits per heavy atom. The number of anilines is 1. The quantitative estimate of drug-likeness (QED) is 0.630. The predicted octanol–water partition coefficient (Wildman–Crippen LogP) is 2.29. The van der Waals surface area contributed by atoms with Crippen molar-refractivity contribution in [1.29, 1.82) is 0 Å². The maximum atomic E-state index is 5.74. The van der Waals surface area contributed by atoms with Gasteiger partial charge < -0.3 is 15.5 Å². The molecule has 0 radical (unpaired) electrons. The number of aromatic amines is 1. The van der Waals surface area contributed by atoms with E-state index in [4.69, 9.17) is 10.5 Å². The Morgan fingerprint density at radius 3 is 3.06 bits per heavy atom. The van der Waals surface area contributed by atoms with Crippen LogP contribution in [0.2, 0.25) is 0 Å². The van der Waals surface area contributed by atoms with Crippen LogP contribution in [-0.4, -0.2) is 17.1 Å². The van der Waals surface area contributed by atoms with E-state index in [0.29, 0.717) is 0 Å². The molecule has 0 bridgehead atoms. The number of ether oxygens (including phenoxy) is 1. The third-order valence-electron chi connectivity index (χ3n) is 2.14. The number of aromatic nitrogens is 2. The monoisotopic (exact) mass is 235 g/mol. The lowest BCUT2D eigenvalue weighted by molar-refractivity contribution is 0.411. The van der Waals surface area contributed by atoms with Crippen LogP contribution in [0.1, 0.15) is 5.56 Å². The summed E-state index contributed by atoms with van der Waals surface area (Å²) in [6.07, 6.45) is 3.54.